The SMILES string of the molecule is COc1cc(F)c(Br)cc1C(=O)C1CCCCS1(=O)=O. The topological polar surface area (TPSA) is 60.4 Å². The lowest BCUT2D eigenvalue weighted by Crippen LogP contribution is -2.35. The molecule has 1 heterocycles. The van der Waals surface area contributed by atoms with Crippen molar-refractivity contribution in [1.82, 2.24) is 0 Å². The number of carbonyl (C=O) groups is 1. The van der Waals surface area contributed by atoms with Gasteiger partial charge in [-0.3, -0.25) is 4.79 Å². The molecule has 0 saturated carbocycles. The van der Waals surface area contributed by atoms with Gasteiger partial charge in [-0.1, -0.05) is 6.42 Å². The summed E-state index contributed by atoms with van der Waals surface area (Å²) in [6.45, 7) is 0. The van der Waals surface area contributed by atoms with Crippen LogP contribution in [0.25, 0.3) is 0 Å². The summed E-state index contributed by atoms with van der Waals surface area (Å²) in [6, 6.07) is 2.35. The van der Waals surface area contributed by atoms with Crippen LogP contribution in [0.4, 0.5) is 4.39 Å². The first kappa shape index (κ1) is 15.4. The van der Waals surface area contributed by atoms with E-state index in [2.05, 4.69) is 15.9 Å². The molecule has 1 atom stereocenters. The first-order valence-corrected chi connectivity index (χ1v) is 8.66. The van der Waals surface area contributed by atoms with Gasteiger partial charge in [0.2, 0.25) is 0 Å². The fourth-order valence-electron chi connectivity index (χ4n) is 2.31. The summed E-state index contributed by atoms with van der Waals surface area (Å²) in [6.07, 6.45) is 1.58. The molecule has 1 unspecified atom stereocenters. The second-order valence-electron chi connectivity index (χ2n) is 4.68. The molecule has 0 bridgehead atoms. The molecule has 0 amide bonds. The lowest BCUT2D eigenvalue weighted by atomic mass is 10.0. The molecular formula is C13H14BrFO4S. The molecule has 4 nitrogen and oxygen atoms in total. The number of halogens is 2. The zero-order chi connectivity index (χ0) is 14.9. The van der Waals surface area contributed by atoms with Crippen LogP contribution < -0.4 is 4.74 Å². The fourth-order valence-corrected chi connectivity index (χ4v) is 4.53. The number of rotatable bonds is 3. The molecule has 1 aromatic rings. The minimum Gasteiger partial charge on any atom is -0.496 e. The molecular weight excluding hydrogens is 351 g/mol. The third-order valence-corrected chi connectivity index (χ3v) is 6.16. The number of carbonyl (C=O) groups excluding carboxylic acids is 1. The normalized spacial score (nSPS) is 21.4. The van der Waals surface area contributed by atoms with Gasteiger partial charge in [-0.15, -0.1) is 0 Å². The lowest BCUT2D eigenvalue weighted by molar-refractivity contribution is 0.0978. The third kappa shape index (κ3) is 2.88. The van der Waals surface area contributed by atoms with Crippen molar-refractivity contribution < 1.29 is 22.3 Å². The van der Waals surface area contributed by atoms with Crippen molar-refractivity contribution in [3.05, 3.63) is 28.0 Å². The van der Waals surface area contributed by atoms with E-state index in [0.29, 0.717) is 19.3 Å². The molecule has 1 aliphatic heterocycles. The van der Waals surface area contributed by atoms with Crippen LogP contribution in [0.5, 0.6) is 5.75 Å². The van der Waals surface area contributed by atoms with Crippen molar-refractivity contribution in [1.29, 1.82) is 0 Å². The average Bonchev–Trinajstić information content (AvgIpc) is 2.40. The molecule has 1 aliphatic rings. The van der Waals surface area contributed by atoms with Crippen LogP contribution in [0.1, 0.15) is 29.6 Å². The Kier molecular flexibility index (Phi) is 4.49. The highest BCUT2D eigenvalue weighted by Crippen LogP contribution is 2.31. The number of Topliss-reactive ketones (excluding diaryl/α,β-unsaturated/α-hetero) is 1. The summed E-state index contributed by atoms with van der Waals surface area (Å²) in [5.41, 5.74) is 0.0937. The molecule has 0 N–H and O–H groups in total. The van der Waals surface area contributed by atoms with Crippen LogP contribution in [0.15, 0.2) is 16.6 Å². The van der Waals surface area contributed by atoms with Crippen molar-refractivity contribution in [2.45, 2.75) is 24.5 Å². The molecule has 0 radical (unpaired) electrons. The van der Waals surface area contributed by atoms with Gasteiger partial charge < -0.3 is 4.74 Å². The van der Waals surface area contributed by atoms with E-state index in [1.807, 2.05) is 0 Å². The number of hydrogen-bond donors (Lipinski definition) is 0. The Morgan fingerprint density at radius 1 is 1.40 bits per heavy atom. The predicted molar refractivity (Wildman–Crippen MR) is 76.4 cm³/mol. The fraction of sp³-hybridized carbons (Fsp3) is 0.462. The molecule has 1 fully saturated rings. The Morgan fingerprint density at radius 2 is 2.10 bits per heavy atom. The van der Waals surface area contributed by atoms with Crippen LogP contribution >= 0.6 is 15.9 Å². The second-order valence-corrected chi connectivity index (χ2v) is 7.84. The number of ketones is 1. The first-order chi connectivity index (χ1) is 9.36. The van der Waals surface area contributed by atoms with Gasteiger partial charge in [0.25, 0.3) is 0 Å². The second kappa shape index (κ2) is 5.81. The highest BCUT2D eigenvalue weighted by atomic mass is 79.9. The number of sulfone groups is 1. The van der Waals surface area contributed by atoms with Crippen LogP contribution in [-0.4, -0.2) is 32.3 Å². The minimum absolute atomic E-state index is 0.0219. The highest BCUT2D eigenvalue weighted by Gasteiger charge is 2.36. The van der Waals surface area contributed by atoms with E-state index in [4.69, 9.17) is 4.74 Å². The third-order valence-electron chi connectivity index (χ3n) is 3.38. The summed E-state index contributed by atoms with van der Waals surface area (Å²) in [5, 5.41) is -1.05. The van der Waals surface area contributed by atoms with Gasteiger partial charge >= 0.3 is 0 Å². The van der Waals surface area contributed by atoms with E-state index in [0.717, 1.165) is 6.07 Å². The summed E-state index contributed by atoms with van der Waals surface area (Å²) in [4.78, 5) is 12.5. The quantitative estimate of drug-likeness (QED) is 0.773. The van der Waals surface area contributed by atoms with Crippen LogP contribution in [0, 0.1) is 5.82 Å². The van der Waals surface area contributed by atoms with Gasteiger partial charge in [0, 0.05) is 6.07 Å². The lowest BCUT2D eigenvalue weighted by Gasteiger charge is -2.22. The van der Waals surface area contributed by atoms with Gasteiger partial charge in [-0.25, -0.2) is 12.8 Å². The summed E-state index contributed by atoms with van der Waals surface area (Å²) < 4.78 is 42.5. The Bertz CT molecular complexity index is 642. The van der Waals surface area contributed by atoms with Crippen molar-refractivity contribution >= 4 is 31.6 Å². The van der Waals surface area contributed by atoms with Gasteiger partial charge in [-0.05, 0) is 34.8 Å². The molecule has 7 heteroatoms. The number of ether oxygens (including phenoxy) is 1. The zero-order valence-electron chi connectivity index (χ0n) is 10.9. The van der Waals surface area contributed by atoms with E-state index in [-0.39, 0.29) is 21.5 Å². The molecule has 1 saturated heterocycles. The van der Waals surface area contributed by atoms with E-state index in [1.165, 1.54) is 13.2 Å². The van der Waals surface area contributed by atoms with Gasteiger partial charge in [0.05, 0.1) is 22.9 Å². The maximum atomic E-state index is 13.4. The van der Waals surface area contributed by atoms with Gasteiger partial charge in [-0.2, -0.15) is 0 Å². The molecule has 0 spiro atoms. The van der Waals surface area contributed by atoms with Gasteiger partial charge in [0.1, 0.15) is 16.8 Å². The standard InChI is InChI=1S/C13H14BrFO4S/c1-19-11-7-10(15)9(14)6-8(11)13(16)12-4-2-3-5-20(12,17)18/h6-7,12H,2-5H2,1H3. The first-order valence-electron chi connectivity index (χ1n) is 6.15. The molecule has 1 aromatic carbocycles. The van der Waals surface area contributed by atoms with Crippen LogP contribution in [-0.2, 0) is 9.84 Å². The maximum Gasteiger partial charge on any atom is 0.184 e. The van der Waals surface area contributed by atoms with E-state index in [9.17, 15) is 17.6 Å². The number of hydrogen-bond acceptors (Lipinski definition) is 4. The molecule has 20 heavy (non-hydrogen) atoms. The van der Waals surface area contributed by atoms with Crippen LogP contribution in [0.2, 0.25) is 0 Å². The Balaban J connectivity index is 2.45. The summed E-state index contributed by atoms with van der Waals surface area (Å²) in [5.74, 6) is -1.02. The number of methoxy groups -OCH3 is 1. The molecule has 110 valence electrons. The van der Waals surface area contributed by atoms with Gasteiger partial charge in [0.15, 0.2) is 15.6 Å². The summed E-state index contributed by atoms with van der Waals surface area (Å²) in [7, 11) is -2.12. The Hall–Kier alpha value is -0.950. The van der Waals surface area contributed by atoms with Crippen molar-refractivity contribution in [2.75, 3.05) is 12.9 Å². The average molecular weight is 365 g/mol. The van der Waals surface area contributed by atoms with E-state index in [1.54, 1.807) is 0 Å². The minimum atomic E-state index is -3.43. The smallest absolute Gasteiger partial charge is 0.184 e. The molecule has 2 rings (SSSR count). The predicted octanol–water partition coefficient (Wildman–Crippen LogP) is 2.75. The molecule has 0 aliphatic carbocycles. The van der Waals surface area contributed by atoms with E-state index >= 15 is 0 Å². The zero-order valence-corrected chi connectivity index (χ0v) is 13.3. The van der Waals surface area contributed by atoms with Crippen molar-refractivity contribution in [2.24, 2.45) is 0 Å². The largest absolute Gasteiger partial charge is 0.496 e. The molecule has 0 aromatic heterocycles. The highest BCUT2D eigenvalue weighted by molar-refractivity contribution is 9.10. The Morgan fingerprint density at radius 3 is 2.70 bits per heavy atom. The number of benzene rings is 1. The monoisotopic (exact) mass is 364 g/mol. The van der Waals surface area contributed by atoms with Crippen molar-refractivity contribution in [3.63, 3.8) is 0 Å². The summed E-state index contributed by atoms with van der Waals surface area (Å²) >= 11 is 3.00. The van der Waals surface area contributed by atoms with Crippen molar-refractivity contribution in [3.8, 4) is 5.75 Å². The Labute approximate surface area is 125 Å². The van der Waals surface area contributed by atoms with E-state index < -0.39 is 26.7 Å². The maximum absolute atomic E-state index is 13.4. The van der Waals surface area contributed by atoms with Crippen LogP contribution in [0.3, 0.4) is 0 Å².